The number of carbonyl (C=O) groups is 3. The number of fused-ring (bicyclic) bond motifs is 2. The highest BCUT2D eigenvalue weighted by Gasteiger charge is 2.60. The molecule has 2 aromatic rings. The topological polar surface area (TPSA) is 159 Å². The lowest BCUT2D eigenvalue weighted by molar-refractivity contribution is -0.176. The molecule has 15 heteroatoms. The molecule has 4 atom stereocenters. The zero-order valence-electron chi connectivity index (χ0n) is 22.4. The van der Waals surface area contributed by atoms with E-state index >= 15 is 0 Å². The van der Waals surface area contributed by atoms with Crippen LogP contribution in [-0.4, -0.2) is 66.0 Å². The van der Waals surface area contributed by atoms with Gasteiger partial charge in [-0.1, -0.05) is 11.6 Å². The lowest BCUT2D eigenvalue weighted by Crippen LogP contribution is -2.66. The van der Waals surface area contributed by atoms with Crippen LogP contribution >= 0.6 is 11.6 Å². The molecule has 0 radical (unpaired) electrons. The fraction of sp³-hybridized carbons (Fsp3) is 0.444. The third-order valence-electron chi connectivity index (χ3n) is 7.81. The lowest BCUT2D eigenvalue weighted by atomic mass is 9.53. The number of ether oxygens (including phenoxy) is 1. The van der Waals surface area contributed by atoms with Gasteiger partial charge in [0.05, 0.1) is 20.8 Å². The Kier molecular flexibility index (Phi) is 8.93. The molecule has 4 N–H and O–H groups in total. The first-order valence-corrected chi connectivity index (χ1v) is 14.8. The van der Waals surface area contributed by atoms with Crippen molar-refractivity contribution in [2.75, 3.05) is 11.9 Å². The lowest BCUT2D eigenvalue weighted by Gasteiger charge is -2.58. The summed E-state index contributed by atoms with van der Waals surface area (Å²) in [6.07, 6.45) is -2.04. The molecular formula is C27H28ClF3N2O8S. The van der Waals surface area contributed by atoms with Gasteiger partial charge in [0.15, 0.2) is 33.4 Å². The molecule has 3 saturated carbocycles. The summed E-state index contributed by atoms with van der Waals surface area (Å²) in [5.41, 5.74) is -1.96. The number of aliphatic hydroxyl groups is 2. The maximum atomic E-state index is 13.6. The van der Waals surface area contributed by atoms with Crippen molar-refractivity contribution in [1.82, 2.24) is 5.32 Å². The Hall–Kier alpha value is -3.20. The number of carbonyl (C=O) groups excluding carboxylic acids is 3. The Morgan fingerprint density at radius 1 is 1.07 bits per heavy atom. The largest absolute Gasteiger partial charge is 0.451 e. The molecule has 42 heavy (non-hydrogen) atoms. The van der Waals surface area contributed by atoms with Gasteiger partial charge in [-0.15, -0.1) is 0 Å². The van der Waals surface area contributed by atoms with Crippen LogP contribution in [0.1, 0.15) is 43.5 Å². The van der Waals surface area contributed by atoms with E-state index in [2.05, 4.69) is 10.6 Å². The molecule has 2 aromatic carbocycles. The Morgan fingerprint density at radius 3 is 2.24 bits per heavy atom. The van der Waals surface area contributed by atoms with Crippen LogP contribution in [0.4, 0.5) is 18.9 Å². The third kappa shape index (κ3) is 6.12. The monoisotopic (exact) mass is 632 g/mol. The highest BCUT2D eigenvalue weighted by Crippen LogP contribution is 2.55. The summed E-state index contributed by atoms with van der Waals surface area (Å²) < 4.78 is 72.3. The maximum absolute atomic E-state index is 13.6. The van der Waals surface area contributed by atoms with Crippen molar-refractivity contribution in [2.24, 2.45) is 11.8 Å². The second-order valence-corrected chi connectivity index (χ2v) is 13.2. The molecule has 228 valence electrons. The summed E-state index contributed by atoms with van der Waals surface area (Å²) in [5, 5.41) is 24.0. The van der Waals surface area contributed by atoms with Gasteiger partial charge in [0.25, 0.3) is 11.8 Å². The van der Waals surface area contributed by atoms with E-state index in [1.807, 2.05) is 0 Å². The van der Waals surface area contributed by atoms with Crippen molar-refractivity contribution in [3.8, 4) is 0 Å². The van der Waals surface area contributed by atoms with Crippen LogP contribution in [0.5, 0.6) is 0 Å². The molecule has 0 aromatic heterocycles. The van der Waals surface area contributed by atoms with Crippen LogP contribution in [0.15, 0.2) is 35.2 Å². The fourth-order valence-corrected chi connectivity index (χ4v) is 7.77. The second-order valence-electron chi connectivity index (χ2n) is 10.6. The first-order valence-electron chi connectivity index (χ1n) is 12.9. The van der Waals surface area contributed by atoms with E-state index in [1.54, 1.807) is 0 Å². The summed E-state index contributed by atoms with van der Waals surface area (Å²) >= 11 is 6.20. The fourth-order valence-electron chi connectivity index (χ4n) is 5.37. The van der Waals surface area contributed by atoms with Gasteiger partial charge in [-0.25, -0.2) is 26.4 Å². The van der Waals surface area contributed by atoms with Crippen LogP contribution in [0.25, 0.3) is 0 Å². The van der Waals surface area contributed by atoms with Crippen molar-refractivity contribution in [1.29, 1.82) is 0 Å². The molecular weight excluding hydrogens is 605 g/mol. The van der Waals surface area contributed by atoms with Gasteiger partial charge in [0.1, 0.15) is 6.10 Å². The minimum Gasteiger partial charge on any atom is -0.451 e. The third-order valence-corrected chi connectivity index (χ3v) is 10.5. The molecule has 0 heterocycles. The molecule has 3 fully saturated rings. The summed E-state index contributed by atoms with van der Waals surface area (Å²) in [6, 6.07) is 4.59. The Bertz CT molecular complexity index is 1500. The van der Waals surface area contributed by atoms with E-state index in [9.17, 15) is 46.2 Å². The Morgan fingerprint density at radius 2 is 1.67 bits per heavy atom. The van der Waals surface area contributed by atoms with Gasteiger partial charge in [-0.3, -0.25) is 9.59 Å². The Balaban J connectivity index is 1.43. The number of benzene rings is 2. The molecule has 5 rings (SSSR count). The average molecular weight is 633 g/mol. The van der Waals surface area contributed by atoms with E-state index in [0.717, 1.165) is 6.07 Å². The van der Waals surface area contributed by atoms with E-state index < -0.39 is 80.0 Å². The predicted molar refractivity (Wildman–Crippen MR) is 143 cm³/mol. The number of esters is 1. The summed E-state index contributed by atoms with van der Waals surface area (Å²) in [6.45, 7) is 2.29. The van der Waals surface area contributed by atoms with Crippen LogP contribution in [0.3, 0.4) is 0 Å². The molecule has 0 spiro atoms. The smallest absolute Gasteiger partial charge is 0.335 e. The van der Waals surface area contributed by atoms with Crippen LogP contribution < -0.4 is 10.6 Å². The number of hydrogen-bond donors (Lipinski definition) is 4. The van der Waals surface area contributed by atoms with E-state index in [-0.39, 0.29) is 40.6 Å². The van der Waals surface area contributed by atoms with Crippen molar-refractivity contribution < 1.29 is 50.9 Å². The number of anilines is 1. The number of hydrogen-bond acceptors (Lipinski definition) is 8. The normalized spacial score (nSPS) is 24.6. The molecule has 2 bridgehead atoms. The van der Waals surface area contributed by atoms with Crippen LogP contribution in [0.2, 0.25) is 5.02 Å². The molecule has 10 nitrogen and oxygen atoms in total. The average Bonchev–Trinajstić information content (AvgIpc) is 2.94. The number of amides is 2. The number of aliphatic hydroxyl groups excluding tert-OH is 1. The zero-order chi connectivity index (χ0) is 31.1. The first kappa shape index (κ1) is 31.7. The quantitative estimate of drug-likeness (QED) is 0.243. The van der Waals surface area contributed by atoms with Crippen molar-refractivity contribution in [3.63, 3.8) is 0 Å². The van der Waals surface area contributed by atoms with Gasteiger partial charge in [-0.05, 0) is 63.1 Å². The van der Waals surface area contributed by atoms with Gasteiger partial charge < -0.3 is 25.6 Å². The number of sulfone groups is 1. The van der Waals surface area contributed by atoms with Crippen molar-refractivity contribution >= 4 is 44.9 Å². The highest BCUT2D eigenvalue weighted by atomic mass is 35.5. The number of halogens is 4. The molecule has 2 unspecified atom stereocenters. The zero-order valence-corrected chi connectivity index (χ0v) is 23.9. The SMILES string of the molecule is C[C@H](O)C(=O)O[C@@H](C)C(=O)NC[C@]1(O)C2CC1C[C@@H](S(=O)(=O)c1cc(C(=O)Nc3cc(F)c(F)c(F)c3)ccc1Cl)C2. The van der Waals surface area contributed by atoms with E-state index in [1.165, 1.54) is 26.0 Å². The molecule has 2 amide bonds. The van der Waals surface area contributed by atoms with Crippen molar-refractivity contribution in [2.45, 2.75) is 61.1 Å². The van der Waals surface area contributed by atoms with Gasteiger partial charge in [0.2, 0.25) is 0 Å². The predicted octanol–water partition coefficient (Wildman–Crippen LogP) is 2.74. The standard InChI is InChI=1S/C27H28ClF3N2O8S/c1-12(34)26(37)41-13(2)24(35)32-11-27(38)15-6-16(27)8-18(7-15)42(39,40)22-5-14(3-4-19(22)28)25(36)33-17-9-20(29)23(31)21(30)10-17/h3-5,9-10,12-13,15-16,18,34,38H,6-8,11H2,1-2H3,(H,32,35)(H,33,36)/t12-,13-,15?,16?,18-,27-/m0/s1. The first-order chi connectivity index (χ1) is 19.5. The minimum atomic E-state index is -4.12. The number of rotatable bonds is 9. The summed E-state index contributed by atoms with van der Waals surface area (Å²) in [7, 11) is -4.12. The second kappa shape index (κ2) is 11.8. The highest BCUT2D eigenvalue weighted by molar-refractivity contribution is 7.92. The van der Waals surface area contributed by atoms with Gasteiger partial charge in [-0.2, -0.15) is 0 Å². The van der Waals surface area contributed by atoms with Gasteiger partial charge in [0, 0.05) is 29.9 Å². The van der Waals surface area contributed by atoms with E-state index in [0.29, 0.717) is 18.6 Å². The Labute approximate surface area is 244 Å². The molecule has 0 saturated heterocycles. The van der Waals surface area contributed by atoms with Crippen molar-refractivity contribution in [3.05, 3.63) is 58.4 Å². The van der Waals surface area contributed by atoms with Gasteiger partial charge >= 0.3 is 5.97 Å². The summed E-state index contributed by atoms with van der Waals surface area (Å²) in [5.74, 6) is -8.31. The van der Waals surface area contributed by atoms with Crippen LogP contribution in [-0.2, 0) is 24.2 Å². The molecule has 3 aliphatic rings. The number of nitrogens with one attached hydrogen (secondary N) is 2. The molecule has 0 aliphatic heterocycles. The van der Waals surface area contributed by atoms with E-state index in [4.69, 9.17) is 16.3 Å². The summed E-state index contributed by atoms with van der Waals surface area (Å²) in [4.78, 5) is 36.2. The van der Waals surface area contributed by atoms with Crippen LogP contribution in [0, 0.1) is 29.3 Å². The molecule has 3 aliphatic carbocycles. The maximum Gasteiger partial charge on any atom is 0.335 e. The minimum absolute atomic E-state index is 0.0403.